The Hall–Kier alpha value is -2.64. The van der Waals surface area contributed by atoms with Gasteiger partial charge >= 0.3 is 0 Å². The molecule has 0 saturated heterocycles. The first-order chi connectivity index (χ1) is 11.2. The number of non-ortho nitro benzene ring substituents is 1. The Labute approximate surface area is 135 Å². The van der Waals surface area contributed by atoms with Crippen LogP contribution in [0.2, 0.25) is 0 Å². The van der Waals surface area contributed by atoms with Gasteiger partial charge in [-0.15, -0.1) is 6.42 Å². The molecule has 1 unspecified atom stereocenters. The topological polar surface area (TPSA) is 46.4 Å². The molecule has 1 aliphatic carbocycles. The Balaban J connectivity index is 1.85. The van der Waals surface area contributed by atoms with Crippen LogP contribution in [0.3, 0.4) is 0 Å². The molecule has 116 valence electrons. The lowest BCUT2D eigenvalue weighted by Gasteiger charge is -2.27. The molecule has 2 aromatic carbocycles. The molecule has 0 aromatic heterocycles. The van der Waals surface area contributed by atoms with Crippen molar-refractivity contribution >= 4 is 5.69 Å². The second-order valence-corrected chi connectivity index (χ2v) is 5.79. The van der Waals surface area contributed by atoms with E-state index in [-0.39, 0.29) is 16.7 Å². The standard InChI is InChI=1S/C19H18N2O2/c1-2-12-20(14-15-6-5-8-17(13-15)21(22)23)19-11-10-16-7-3-4-9-18(16)19/h1,3-9,13,19H,10-12,14H2. The molecule has 3 rings (SSSR count). The number of hydrogen-bond acceptors (Lipinski definition) is 3. The SMILES string of the molecule is C#CCN(Cc1cccc([N+](=O)[O-])c1)C1CCc2ccccc21. The van der Waals surface area contributed by atoms with E-state index in [9.17, 15) is 10.1 Å². The van der Waals surface area contributed by atoms with Gasteiger partial charge in [-0.05, 0) is 29.5 Å². The van der Waals surface area contributed by atoms with E-state index in [0.29, 0.717) is 13.1 Å². The molecule has 1 aliphatic rings. The maximum absolute atomic E-state index is 10.9. The largest absolute Gasteiger partial charge is 0.281 e. The van der Waals surface area contributed by atoms with Crippen molar-refractivity contribution in [1.29, 1.82) is 0 Å². The lowest BCUT2D eigenvalue weighted by Crippen LogP contribution is -2.27. The Morgan fingerprint density at radius 1 is 1.26 bits per heavy atom. The third kappa shape index (κ3) is 3.25. The second-order valence-electron chi connectivity index (χ2n) is 5.79. The quantitative estimate of drug-likeness (QED) is 0.480. The summed E-state index contributed by atoms with van der Waals surface area (Å²) >= 11 is 0. The molecule has 0 saturated carbocycles. The summed E-state index contributed by atoms with van der Waals surface area (Å²) in [6.45, 7) is 1.15. The van der Waals surface area contributed by atoms with Crippen molar-refractivity contribution < 1.29 is 4.92 Å². The van der Waals surface area contributed by atoms with Crippen LogP contribution in [0.25, 0.3) is 0 Å². The zero-order valence-electron chi connectivity index (χ0n) is 12.8. The van der Waals surface area contributed by atoms with Crippen molar-refractivity contribution in [2.45, 2.75) is 25.4 Å². The van der Waals surface area contributed by atoms with Crippen LogP contribution in [0.4, 0.5) is 5.69 Å². The van der Waals surface area contributed by atoms with Gasteiger partial charge in [-0.25, -0.2) is 0 Å². The van der Waals surface area contributed by atoms with E-state index in [1.165, 1.54) is 17.2 Å². The number of rotatable bonds is 5. The van der Waals surface area contributed by atoms with Crippen molar-refractivity contribution in [1.82, 2.24) is 4.90 Å². The van der Waals surface area contributed by atoms with Crippen LogP contribution in [-0.2, 0) is 13.0 Å². The monoisotopic (exact) mass is 306 g/mol. The Morgan fingerprint density at radius 2 is 2.09 bits per heavy atom. The molecule has 4 nitrogen and oxygen atoms in total. The lowest BCUT2D eigenvalue weighted by atomic mass is 10.1. The first kappa shape index (κ1) is 15.3. The molecule has 0 fully saturated rings. The molecular weight excluding hydrogens is 288 g/mol. The fourth-order valence-electron chi connectivity index (χ4n) is 3.31. The van der Waals surface area contributed by atoms with Crippen LogP contribution < -0.4 is 0 Å². The van der Waals surface area contributed by atoms with Crippen molar-refractivity contribution in [3.63, 3.8) is 0 Å². The number of hydrogen-bond donors (Lipinski definition) is 0. The summed E-state index contributed by atoms with van der Waals surface area (Å²) in [6, 6.07) is 15.5. The fraction of sp³-hybridized carbons (Fsp3) is 0.263. The number of nitrogens with zero attached hydrogens (tertiary/aromatic N) is 2. The van der Waals surface area contributed by atoms with Gasteiger partial charge in [0.1, 0.15) is 0 Å². The minimum atomic E-state index is -0.361. The number of fused-ring (bicyclic) bond motifs is 1. The van der Waals surface area contributed by atoms with E-state index >= 15 is 0 Å². The number of aryl methyl sites for hydroxylation is 1. The van der Waals surface area contributed by atoms with Gasteiger partial charge in [-0.1, -0.05) is 42.3 Å². The number of terminal acetylenes is 1. The molecular formula is C19H18N2O2. The van der Waals surface area contributed by atoms with Crippen LogP contribution in [-0.4, -0.2) is 16.4 Å². The number of benzene rings is 2. The highest BCUT2D eigenvalue weighted by molar-refractivity contribution is 5.36. The van der Waals surface area contributed by atoms with E-state index < -0.39 is 0 Å². The van der Waals surface area contributed by atoms with Crippen LogP contribution in [0.5, 0.6) is 0 Å². The molecule has 0 radical (unpaired) electrons. The van der Waals surface area contributed by atoms with Gasteiger partial charge in [0, 0.05) is 24.7 Å². The summed E-state index contributed by atoms with van der Waals surface area (Å²) in [7, 11) is 0. The van der Waals surface area contributed by atoms with Gasteiger partial charge < -0.3 is 0 Å². The van der Waals surface area contributed by atoms with Crippen molar-refractivity contribution in [2.24, 2.45) is 0 Å². The zero-order valence-corrected chi connectivity index (χ0v) is 12.8. The van der Waals surface area contributed by atoms with Crippen molar-refractivity contribution in [3.8, 4) is 12.3 Å². The van der Waals surface area contributed by atoms with Crippen molar-refractivity contribution in [2.75, 3.05) is 6.54 Å². The Kier molecular flexibility index (Phi) is 4.40. The summed E-state index contributed by atoms with van der Waals surface area (Å²) in [6.07, 6.45) is 7.64. The van der Waals surface area contributed by atoms with Gasteiger partial charge in [-0.2, -0.15) is 0 Å². The molecule has 2 aromatic rings. The molecule has 4 heteroatoms. The molecule has 0 bridgehead atoms. The minimum absolute atomic E-state index is 0.120. The van der Waals surface area contributed by atoms with Gasteiger partial charge in [0.2, 0.25) is 0 Å². The van der Waals surface area contributed by atoms with Crippen LogP contribution in [0, 0.1) is 22.5 Å². The zero-order chi connectivity index (χ0) is 16.2. The average Bonchev–Trinajstić information content (AvgIpc) is 2.99. The highest BCUT2D eigenvalue weighted by Crippen LogP contribution is 2.36. The van der Waals surface area contributed by atoms with E-state index in [1.807, 2.05) is 6.07 Å². The minimum Gasteiger partial charge on any atom is -0.281 e. The maximum atomic E-state index is 10.9. The lowest BCUT2D eigenvalue weighted by molar-refractivity contribution is -0.384. The number of nitro groups is 1. The van der Waals surface area contributed by atoms with Crippen molar-refractivity contribution in [3.05, 3.63) is 75.3 Å². The predicted octanol–water partition coefficient (Wildman–Crippen LogP) is 3.72. The molecule has 0 aliphatic heterocycles. The van der Waals surface area contributed by atoms with Crippen LogP contribution >= 0.6 is 0 Å². The molecule has 0 heterocycles. The normalized spacial score (nSPS) is 16.1. The third-order valence-corrected chi connectivity index (χ3v) is 4.34. The fourth-order valence-corrected chi connectivity index (χ4v) is 3.31. The molecule has 23 heavy (non-hydrogen) atoms. The molecule has 1 atom stereocenters. The summed E-state index contributed by atoms with van der Waals surface area (Å²) in [5, 5.41) is 10.9. The van der Waals surface area contributed by atoms with Gasteiger partial charge in [0.05, 0.1) is 11.5 Å². The summed E-state index contributed by atoms with van der Waals surface area (Å²) in [4.78, 5) is 12.8. The second kappa shape index (κ2) is 6.64. The third-order valence-electron chi connectivity index (χ3n) is 4.34. The molecule has 0 spiro atoms. The van der Waals surface area contributed by atoms with Gasteiger partial charge in [0.15, 0.2) is 0 Å². The Bertz CT molecular complexity index is 764. The highest BCUT2D eigenvalue weighted by Gasteiger charge is 2.27. The van der Waals surface area contributed by atoms with E-state index in [4.69, 9.17) is 6.42 Å². The summed E-state index contributed by atoms with van der Waals surface area (Å²) in [5.41, 5.74) is 3.74. The smallest absolute Gasteiger partial charge is 0.269 e. The van der Waals surface area contributed by atoms with E-state index in [1.54, 1.807) is 12.1 Å². The average molecular weight is 306 g/mol. The van der Waals surface area contributed by atoms with Gasteiger partial charge in [0.25, 0.3) is 5.69 Å². The van der Waals surface area contributed by atoms with Crippen LogP contribution in [0.15, 0.2) is 48.5 Å². The highest BCUT2D eigenvalue weighted by atomic mass is 16.6. The summed E-state index contributed by atoms with van der Waals surface area (Å²) in [5.74, 6) is 2.73. The maximum Gasteiger partial charge on any atom is 0.269 e. The first-order valence-corrected chi connectivity index (χ1v) is 7.67. The van der Waals surface area contributed by atoms with E-state index in [2.05, 4.69) is 35.1 Å². The summed E-state index contributed by atoms with van der Waals surface area (Å²) < 4.78 is 0. The Morgan fingerprint density at radius 3 is 2.87 bits per heavy atom. The number of nitro benzene ring substituents is 1. The van der Waals surface area contributed by atoms with E-state index in [0.717, 1.165) is 18.4 Å². The predicted molar refractivity (Wildman–Crippen MR) is 89.8 cm³/mol. The first-order valence-electron chi connectivity index (χ1n) is 7.67. The van der Waals surface area contributed by atoms with Gasteiger partial charge in [-0.3, -0.25) is 15.0 Å². The molecule has 0 amide bonds. The van der Waals surface area contributed by atoms with Crippen LogP contribution in [0.1, 0.15) is 29.2 Å². The molecule has 0 N–H and O–H groups in total.